The average Bonchev–Trinajstić information content (AvgIpc) is 3.00. The smallest absolute Gasteiger partial charge is 0.134 e. The predicted octanol–water partition coefficient (Wildman–Crippen LogP) is 2.70. The molecule has 6 heteroatoms. The van der Waals surface area contributed by atoms with Crippen molar-refractivity contribution in [3.63, 3.8) is 0 Å². The van der Waals surface area contributed by atoms with Crippen LogP contribution in [0.2, 0.25) is 0 Å². The van der Waals surface area contributed by atoms with Gasteiger partial charge in [0.1, 0.15) is 18.0 Å². The van der Waals surface area contributed by atoms with Gasteiger partial charge in [0.15, 0.2) is 0 Å². The first-order valence-corrected chi connectivity index (χ1v) is 7.56. The summed E-state index contributed by atoms with van der Waals surface area (Å²) < 4.78 is 2.10. The van der Waals surface area contributed by atoms with Gasteiger partial charge in [-0.25, -0.2) is 15.0 Å². The summed E-state index contributed by atoms with van der Waals surface area (Å²) in [6.07, 6.45) is 10.6. The maximum atomic E-state index is 4.32. The predicted molar refractivity (Wildman–Crippen MR) is 85.5 cm³/mol. The Kier molecular flexibility index (Phi) is 5.99. The maximum Gasteiger partial charge on any atom is 0.134 e. The zero-order chi connectivity index (χ0) is 14.9. The summed E-state index contributed by atoms with van der Waals surface area (Å²) in [5, 5.41) is 6.72. The van der Waals surface area contributed by atoms with E-state index in [2.05, 4.69) is 37.1 Å². The Hall–Kier alpha value is -2.11. The van der Waals surface area contributed by atoms with Gasteiger partial charge >= 0.3 is 0 Å². The molecule has 0 atom stereocenters. The van der Waals surface area contributed by atoms with E-state index in [-0.39, 0.29) is 0 Å². The first kappa shape index (κ1) is 15.3. The summed E-state index contributed by atoms with van der Waals surface area (Å²) in [5.41, 5.74) is 1.08. The second kappa shape index (κ2) is 8.24. The van der Waals surface area contributed by atoms with Crippen molar-refractivity contribution in [3.8, 4) is 0 Å². The minimum atomic E-state index is 0.916. The minimum Gasteiger partial charge on any atom is -0.370 e. The Bertz CT molecular complexity index is 523. The van der Waals surface area contributed by atoms with Crippen LogP contribution in [0.1, 0.15) is 31.7 Å². The Morgan fingerprint density at radius 2 is 1.86 bits per heavy atom. The average molecular weight is 288 g/mol. The van der Waals surface area contributed by atoms with Crippen LogP contribution in [0.25, 0.3) is 0 Å². The van der Waals surface area contributed by atoms with E-state index in [4.69, 9.17) is 0 Å². The van der Waals surface area contributed by atoms with Crippen LogP contribution in [0.4, 0.5) is 11.6 Å². The molecule has 2 rings (SSSR count). The van der Waals surface area contributed by atoms with Crippen LogP contribution in [0.15, 0.2) is 25.0 Å². The molecule has 0 saturated carbocycles. The van der Waals surface area contributed by atoms with Gasteiger partial charge in [-0.05, 0) is 26.2 Å². The lowest BCUT2D eigenvalue weighted by molar-refractivity contribution is 0.620. The molecule has 0 aliphatic carbocycles. The fourth-order valence-corrected chi connectivity index (χ4v) is 2.10. The van der Waals surface area contributed by atoms with Crippen molar-refractivity contribution in [2.24, 2.45) is 0 Å². The van der Waals surface area contributed by atoms with Gasteiger partial charge in [-0.2, -0.15) is 0 Å². The van der Waals surface area contributed by atoms with Crippen molar-refractivity contribution in [3.05, 3.63) is 30.6 Å². The number of aryl methyl sites for hydroxylation is 1. The van der Waals surface area contributed by atoms with Gasteiger partial charge in [0.05, 0.1) is 6.33 Å². The fourth-order valence-electron chi connectivity index (χ4n) is 2.10. The highest BCUT2D eigenvalue weighted by molar-refractivity contribution is 5.56. The molecule has 0 aliphatic rings. The molecule has 0 fully saturated rings. The number of unbranched alkanes of at least 4 members (excludes halogenated alkanes) is 1. The van der Waals surface area contributed by atoms with Crippen LogP contribution in [0.5, 0.6) is 0 Å². The molecule has 2 aromatic rings. The largest absolute Gasteiger partial charge is 0.370 e. The van der Waals surface area contributed by atoms with Crippen molar-refractivity contribution in [2.45, 2.75) is 39.7 Å². The van der Waals surface area contributed by atoms with E-state index in [0.717, 1.165) is 56.1 Å². The van der Waals surface area contributed by atoms with Crippen molar-refractivity contribution in [2.75, 3.05) is 23.7 Å². The number of nitrogens with one attached hydrogen (secondary N) is 2. The summed E-state index contributed by atoms with van der Waals surface area (Å²) in [6, 6.07) is 0. The zero-order valence-corrected chi connectivity index (χ0v) is 12.8. The normalized spacial score (nSPS) is 10.6. The monoisotopic (exact) mass is 288 g/mol. The minimum absolute atomic E-state index is 0.916. The Balaban J connectivity index is 1.74. The molecule has 2 heterocycles. The summed E-state index contributed by atoms with van der Waals surface area (Å²) in [5.74, 6) is 1.85. The fraction of sp³-hybridized carbons (Fsp3) is 0.533. The number of aromatic nitrogens is 4. The van der Waals surface area contributed by atoms with Gasteiger partial charge in [0.2, 0.25) is 0 Å². The van der Waals surface area contributed by atoms with E-state index in [0.29, 0.717) is 0 Å². The van der Waals surface area contributed by atoms with Crippen LogP contribution in [-0.4, -0.2) is 32.6 Å². The second-order valence-corrected chi connectivity index (χ2v) is 5.06. The molecule has 0 aliphatic heterocycles. The van der Waals surface area contributed by atoms with E-state index < -0.39 is 0 Å². The van der Waals surface area contributed by atoms with Crippen molar-refractivity contribution in [1.82, 2.24) is 19.5 Å². The molecule has 2 N–H and O–H groups in total. The molecule has 0 unspecified atom stereocenters. The highest BCUT2D eigenvalue weighted by Crippen LogP contribution is 2.18. The number of imidazole rings is 1. The quantitative estimate of drug-likeness (QED) is 0.694. The van der Waals surface area contributed by atoms with E-state index in [1.807, 2.05) is 25.6 Å². The lowest BCUT2D eigenvalue weighted by Gasteiger charge is -2.12. The summed E-state index contributed by atoms with van der Waals surface area (Å²) in [7, 11) is 0. The van der Waals surface area contributed by atoms with Crippen LogP contribution >= 0.6 is 0 Å². The SMILES string of the molecule is CCCNc1ncnc(NCCCCn2ccnc2)c1C. The summed E-state index contributed by atoms with van der Waals surface area (Å²) in [6.45, 7) is 7.05. The van der Waals surface area contributed by atoms with Crippen LogP contribution in [0, 0.1) is 6.92 Å². The molecule has 21 heavy (non-hydrogen) atoms. The molecule has 114 valence electrons. The molecule has 6 nitrogen and oxygen atoms in total. The standard InChI is InChI=1S/C15H24N6/c1-3-6-17-14-13(2)15(20-11-19-14)18-7-4-5-9-21-10-8-16-12-21/h8,10-12H,3-7,9H2,1-2H3,(H2,17,18,19,20). The Morgan fingerprint density at radius 3 is 2.52 bits per heavy atom. The first-order chi connectivity index (χ1) is 10.3. The third kappa shape index (κ3) is 4.73. The Labute approximate surface area is 126 Å². The van der Waals surface area contributed by atoms with E-state index >= 15 is 0 Å². The van der Waals surface area contributed by atoms with E-state index in [1.165, 1.54) is 0 Å². The van der Waals surface area contributed by atoms with Crippen LogP contribution in [-0.2, 0) is 6.54 Å². The molecule has 0 saturated heterocycles. The molecule has 0 aromatic carbocycles. The maximum absolute atomic E-state index is 4.32. The highest BCUT2D eigenvalue weighted by atomic mass is 15.1. The van der Waals surface area contributed by atoms with Gasteiger partial charge in [-0.3, -0.25) is 0 Å². The number of rotatable bonds is 9. The number of nitrogens with zero attached hydrogens (tertiary/aromatic N) is 4. The highest BCUT2D eigenvalue weighted by Gasteiger charge is 2.05. The first-order valence-electron chi connectivity index (χ1n) is 7.56. The van der Waals surface area contributed by atoms with Crippen molar-refractivity contribution < 1.29 is 0 Å². The molecule has 0 bridgehead atoms. The third-order valence-electron chi connectivity index (χ3n) is 3.32. The van der Waals surface area contributed by atoms with Gasteiger partial charge in [0, 0.05) is 37.6 Å². The molecular formula is C15H24N6. The molecule has 0 spiro atoms. The van der Waals surface area contributed by atoms with Gasteiger partial charge < -0.3 is 15.2 Å². The summed E-state index contributed by atoms with van der Waals surface area (Å²) >= 11 is 0. The molecule has 0 radical (unpaired) electrons. The number of hydrogen-bond acceptors (Lipinski definition) is 5. The van der Waals surface area contributed by atoms with E-state index in [1.54, 1.807) is 6.33 Å². The van der Waals surface area contributed by atoms with Gasteiger partial charge in [-0.15, -0.1) is 0 Å². The van der Waals surface area contributed by atoms with Crippen molar-refractivity contribution >= 4 is 11.6 Å². The lowest BCUT2D eigenvalue weighted by atomic mass is 10.2. The topological polar surface area (TPSA) is 67.7 Å². The number of anilines is 2. The molecule has 0 amide bonds. The van der Waals surface area contributed by atoms with Gasteiger partial charge in [-0.1, -0.05) is 6.92 Å². The van der Waals surface area contributed by atoms with Crippen molar-refractivity contribution in [1.29, 1.82) is 0 Å². The lowest BCUT2D eigenvalue weighted by Crippen LogP contribution is -2.10. The van der Waals surface area contributed by atoms with Crippen LogP contribution < -0.4 is 10.6 Å². The van der Waals surface area contributed by atoms with Crippen LogP contribution in [0.3, 0.4) is 0 Å². The molecular weight excluding hydrogens is 264 g/mol. The third-order valence-corrected chi connectivity index (χ3v) is 3.32. The second-order valence-electron chi connectivity index (χ2n) is 5.06. The summed E-state index contributed by atoms with van der Waals surface area (Å²) in [4.78, 5) is 12.6. The molecule has 2 aromatic heterocycles. The Morgan fingerprint density at radius 1 is 1.10 bits per heavy atom. The number of hydrogen-bond donors (Lipinski definition) is 2. The van der Waals surface area contributed by atoms with E-state index in [9.17, 15) is 0 Å². The van der Waals surface area contributed by atoms with Gasteiger partial charge in [0.25, 0.3) is 0 Å². The zero-order valence-electron chi connectivity index (χ0n) is 12.8.